The Labute approximate surface area is 110 Å². The molecule has 18 heavy (non-hydrogen) atoms. The zero-order chi connectivity index (χ0) is 13.0. The summed E-state index contributed by atoms with van der Waals surface area (Å²) in [5.74, 6) is 0.0651. The van der Waals surface area contributed by atoms with Crippen molar-refractivity contribution in [1.82, 2.24) is 9.55 Å². The van der Waals surface area contributed by atoms with Crippen LogP contribution >= 0.6 is 11.3 Å². The molecule has 0 fully saturated rings. The average Bonchev–Trinajstić information content (AvgIpc) is 2.98. The summed E-state index contributed by atoms with van der Waals surface area (Å²) in [6.07, 6.45) is 4.88. The number of aryl methyl sites for hydroxylation is 1. The lowest BCUT2D eigenvalue weighted by atomic mass is 10.2. The van der Waals surface area contributed by atoms with Crippen molar-refractivity contribution in [3.63, 3.8) is 0 Å². The molecule has 2 aromatic heterocycles. The maximum Gasteiger partial charge on any atom is 0.187 e. The van der Waals surface area contributed by atoms with E-state index in [9.17, 15) is 4.79 Å². The summed E-state index contributed by atoms with van der Waals surface area (Å²) in [5, 5.41) is 0. The molecule has 0 bridgehead atoms. The molecular formula is C13H17N3OS. The van der Waals surface area contributed by atoms with E-state index in [1.165, 1.54) is 4.88 Å². The maximum absolute atomic E-state index is 12.0. The van der Waals surface area contributed by atoms with Crippen LogP contribution in [0.15, 0.2) is 24.7 Å². The van der Waals surface area contributed by atoms with Gasteiger partial charge in [0.15, 0.2) is 5.78 Å². The molecule has 96 valence electrons. The highest BCUT2D eigenvalue weighted by Crippen LogP contribution is 2.18. The van der Waals surface area contributed by atoms with Gasteiger partial charge in [-0.1, -0.05) is 6.92 Å². The normalized spacial score (nSPS) is 10.8. The van der Waals surface area contributed by atoms with Gasteiger partial charge in [-0.2, -0.15) is 0 Å². The first-order valence-electron chi connectivity index (χ1n) is 6.05. The van der Waals surface area contributed by atoms with Crippen molar-refractivity contribution >= 4 is 17.1 Å². The van der Waals surface area contributed by atoms with E-state index >= 15 is 0 Å². The average molecular weight is 263 g/mol. The highest BCUT2D eigenvalue weighted by atomic mass is 32.1. The highest BCUT2D eigenvalue weighted by molar-refractivity contribution is 7.12. The van der Waals surface area contributed by atoms with Gasteiger partial charge in [-0.05, 0) is 18.6 Å². The lowest BCUT2D eigenvalue weighted by molar-refractivity contribution is 0.0989. The third kappa shape index (κ3) is 3.05. The quantitative estimate of drug-likeness (QED) is 0.810. The van der Waals surface area contributed by atoms with Crippen molar-refractivity contribution in [2.45, 2.75) is 26.3 Å². The zero-order valence-electron chi connectivity index (χ0n) is 10.4. The fourth-order valence-corrected chi connectivity index (χ4v) is 2.69. The molecule has 0 amide bonds. The Hall–Kier alpha value is -1.46. The molecule has 0 saturated heterocycles. The van der Waals surface area contributed by atoms with Crippen molar-refractivity contribution in [1.29, 1.82) is 0 Å². The number of carbonyl (C=O) groups is 1. The minimum atomic E-state index is 0.0651. The molecule has 0 saturated carbocycles. The van der Waals surface area contributed by atoms with Gasteiger partial charge in [0.2, 0.25) is 0 Å². The van der Waals surface area contributed by atoms with E-state index in [4.69, 9.17) is 5.73 Å². The molecule has 0 aromatic carbocycles. The Morgan fingerprint density at radius 3 is 2.89 bits per heavy atom. The van der Waals surface area contributed by atoms with E-state index in [0.717, 1.165) is 11.3 Å². The summed E-state index contributed by atoms with van der Waals surface area (Å²) in [6.45, 7) is 3.36. The topological polar surface area (TPSA) is 60.9 Å². The first kappa shape index (κ1) is 13.0. The van der Waals surface area contributed by atoms with E-state index in [-0.39, 0.29) is 5.78 Å². The van der Waals surface area contributed by atoms with Crippen LogP contribution < -0.4 is 5.73 Å². The number of nitrogens with zero attached hydrogens (tertiary/aromatic N) is 2. The number of aromatic nitrogens is 2. The van der Waals surface area contributed by atoms with Gasteiger partial charge in [-0.15, -0.1) is 11.3 Å². The first-order valence-corrected chi connectivity index (χ1v) is 6.87. The molecule has 2 aromatic rings. The second-order valence-corrected chi connectivity index (χ2v) is 5.36. The number of imidazole rings is 1. The Bertz CT molecular complexity index is 530. The van der Waals surface area contributed by atoms with Gasteiger partial charge >= 0.3 is 0 Å². The van der Waals surface area contributed by atoms with Crippen LogP contribution in [0.5, 0.6) is 0 Å². The molecular weight excluding hydrogens is 246 g/mol. The minimum Gasteiger partial charge on any atom is -0.335 e. The van der Waals surface area contributed by atoms with E-state index in [1.54, 1.807) is 23.9 Å². The summed E-state index contributed by atoms with van der Waals surface area (Å²) in [7, 11) is 0. The van der Waals surface area contributed by atoms with E-state index in [0.29, 0.717) is 25.2 Å². The molecule has 0 radical (unpaired) electrons. The summed E-state index contributed by atoms with van der Waals surface area (Å²) in [5.41, 5.74) is 5.98. The van der Waals surface area contributed by atoms with Crippen molar-refractivity contribution in [2.75, 3.05) is 6.54 Å². The Balaban J connectivity index is 2.02. The molecule has 0 atom stereocenters. The second kappa shape index (κ2) is 5.93. The lowest BCUT2D eigenvalue weighted by Crippen LogP contribution is -2.08. The standard InChI is InChI=1S/C13H17N3OS/c1-2-10-3-4-11(18-10)7-13(17)12-8-16(6-5-14)9-15-12/h3-4,8-9H,2,5-7,14H2,1H3. The number of nitrogens with two attached hydrogens (primary N) is 1. The number of carbonyl (C=O) groups excluding carboxylic acids is 1. The van der Waals surface area contributed by atoms with Crippen molar-refractivity contribution in [3.05, 3.63) is 40.1 Å². The molecule has 2 heterocycles. The van der Waals surface area contributed by atoms with Gasteiger partial charge < -0.3 is 10.3 Å². The summed E-state index contributed by atoms with van der Waals surface area (Å²) in [6, 6.07) is 4.11. The predicted molar refractivity (Wildman–Crippen MR) is 73.0 cm³/mol. The number of ketones is 1. The van der Waals surface area contributed by atoms with Gasteiger partial charge in [0.1, 0.15) is 5.69 Å². The van der Waals surface area contributed by atoms with Gasteiger partial charge in [0, 0.05) is 35.5 Å². The monoisotopic (exact) mass is 263 g/mol. The van der Waals surface area contributed by atoms with Crippen molar-refractivity contribution < 1.29 is 4.79 Å². The van der Waals surface area contributed by atoms with Gasteiger partial charge in [-0.3, -0.25) is 4.79 Å². The second-order valence-electron chi connectivity index (χ2n) is 4.11. The fraction of sp³-hybridized carbons (Fsp3) is 0.385. The van der Waals surface area contributed by atoms with Crippen LogP contribution in [0.3, 0.4) is 0 Å². The van der Waals surface area contributed by atoms with Gasteiger partial charge in [0.25, 0.3) is 0 Å². The van der Waals surface area contributed by atoms with Crippen LogP contribution in [0.25, 0.3) is 0 Å². The highest BCUT2D eigenvalue weighted by Gasteiger charge is 2.11. The maximum atomic E-state index is 12.0. The molecule has 4 nitrogen and oxygen atoms in total. The van der Waals surface area contributed by atoms with Crippen LogP contribution in [-0.2, 0) is 19.4 Å². The smallest absolute Gasteiger partial charge is 0.187 e. The van der Waals surface area contributed by atoms with Crippen LogP contribution in [0.4, 0.5) is 0 Å². The molecule has 0 aliphatic carbocycles. The molecule has 5 heteroatoms. The van der Waals surface area contributed by atoms with Crippen molar-refractivity contribution in [2.24, 2.45) is 5.73 Å². The largest absolute Gasteiger partial charge is 0.335 e. The molecule has 2 rings (SSSR count). The number of thiophene rings is 1. The zero-order valence-corrected chi connectivity index (χ0v) is 11.2. The lowest BCUT2D eigenvalue weighted by Gasteiger charge is -1.96. The number of Topliss-reactive ketones (excluding diaryl/α,β-unsaturated/α-hetero) is 1. The Kier molecular flexibility index (Phi) is 4.28. The van der Waals surface area contributed by atoms with E-state index in [1.807, 2.05) is 10.6 Å². The fourth-order valence-electron chi connectivity index (χ4n) is 1.73. The van der Waals surface area contributed by atoms with Crippen LogP contribution in [0.2, 0.25) is 0 Å². The Morgan fingerprint density at radius 1 is 1.44 bits per heavy atom. The molecule has 0 unspecified atom stereocenters. The predicted octanol–water partition coefficient (Wildman–Crippen LogP) is 1.89. The molecule has 0 aliphatic heterocycles. The third-order valence-corrected chi connectivity index (χ3v) is 3.94. The Morgan fingerprint density at radius 2 is 2.22 bits per heavy atom. The third-order valence-electron chi connectivity index (χ3n) is 2.71. The number of hydrogen-bond donors (Lipinski definition) is 1. The van der Waals surface area contributed by atoms with Gasteiger partial charge in [-0.25, -0.2) is 4.98 Å². The van der Waals surface area contributed by atoms with Crippen LogP contribution in [-0.4, -0.2) is 21.9 Å². The van der Waals surface area contributed by atoms with E-state index < -0.39 is 0 Å². The SMILES string of the molecule is CCc1ccc(CC(=O)c2cn(CCN)cn2)s1. The van der Waals surface area contributed by atoms with Crippen molar-refractivity contribution in [3.8, 4) is 0 Å². The minimum absolute atomic E-state index is 0.0651. The molecule has 0 spiro atoms. The molecule has 0 aliphatic rings. The van der Waals surface area contributed by atoms with Gasteiger partial charge in [0.05, 0.1) is 6.33 Å². The van der Waals surface area contributed by atoms with Crippen LogP contribution in [0.1, 0.15) is 27.2 Å². The van der Waals surface area contributed by atoms with Crippen LogP contribution in [0, 0.1) is 0 Å². The summed E-state index contributed by atoms with van der Waals surface area (Å²) >= 11 is 1.70. The molecule has 2 N–H and O–H groups in total. The number of hydrogen-bond acceptors (Lipinski definition) is 4. The number of rotatable bonds is 6. The summed E-state index contributed by atoms with van der Waals surface area (Å²) < 4.78 is 1.85. The summed E-state index contributed by atoms with van der Waals surface area (Å²) in [4.78, 5) is 18.6. The van der Waals surface area contributed by atoms with E-state index in [2.05, 4.69) is 18.0 Å². The first-order chi connectivity index (χ1) is 8.72.